The third-order valence-electron chi connectivity index (χ3n) is 2.64. The number of sulfonamides is 1. The van der Waals surface area contributed by atoms with Crippen LogP contribution in [-0.4, -0.2) is 8.42 Å². The van der Waals surface area contributed by atoms with Gasteiger partial charge in [-0.05, 0) is 57.9 Å². The number of halogens is 4. The van der Waals surface area contributed by atoms with Crippen molar-refractivity contribution in [1.29, 1.82) is 0 Å². The van der Waals surface area contributed by atoms with Crippen molar-refractivity contribution >= 4 is 57.8 Å². The molecule has 0 bridgehead atoms. The summed E-state index contributed by atoms with van der Waals surface area (Å²) in [4.78, 5) is 0.115. The molecule has 0 aliphatic heterocycles. The Morgan fingerprint density at radius 1 is 1.00 bits per heavy atom. The van der Waals surface area contributed by atoms with E-state index >= 15 is 0 Å². The topological polar surface area (TPSA) is 46.2 Å². The zero-order valence-electron chi connectivity index (χ0n) is 10.4. The highest BCUT2D eigenvalue weighted by atomic mass is 79.9. The highest BCUT2D eigenvalue weighted by molar-refractivity contribution is 9.11. The van der Waals surface area contributed by atoms with E-state index in [2.05, 4.69) is 52.5 Å². The number of hydrogen-bond donors (Lipinski definition) is 1. The van der Waals surface area contributed by atoms with Gasteiger partial charge in [-0.3, -0.25) is 0 Å². The molecule has 0 saturated heterocycles. The van der Waals surface area contributed by atoms with Gasteiger partial charge in [-0.1, -0.05) is 31.9 Å². The lowest BCUT2D eigenvalue weighted by Gasteiger charge is -2.10. The van der Waals surface area contributed by atoms with Crippen molar-refractivity contribution in [2.45, 2.75) is 11.4 Å². The predicted molar refractivity (Wildman–Crippen MR) is 90.0 cm³/mol. The van der Waals surface area contributed by atoms with Crippen molar-refractivity contribution in [3.63, 3.8) is 0 Å². The van der Waals surface area contributed by atoms with Crippen molar-refractivity contribution in [1.82, 2.24) is 4.72 Å². The van der Waals surface area contributed by atoms with E-state index in [0.717, 1.165) is 0 Å². The first-order valence-corrected chi connectivity index (χ1v) is 9.54. The molecule has 0 saturated carbocycles. The summed E-state index contributed by atoms with van der Waals surface area (Å²) in [5.41, 5.74) is 0.518. The summed E-state index contributed by atoms with van der Waals surface area (Å²) < 4.78 is 42.0. The molecule has 2 aromatic rings. The number of hydrogen-bond acceptors (Lipinski definition) is 2. The Kier molecular flexibility index (Phi) is 5.59. The molecule has 0 spiro atoms. The summed E-state index contributed by atoms with van der Waals surface area (Å²) in [6, 6.07) is 8.97. The minimum atomic E-state index is -3.71. The SMILES string of the molecule is O=S(=O)(NCc1cc(F)ccc1Br)c1cc(Br)ccc1Br. The van der Waals surface area contributed by atoms with Gasteiger partial charge in [0.15, 0.2) is 0 Å². The zero-order valence-corrected chi connectivity index (χ0v) is 16.0. The molecule has 2 aromatic carbocycles. The van der Waals surface area contributed by atoms with Crippen LogP contribution in [0, 0.1) is 5.82 Å². The molecule has 3 nitrogen and oxygen atoms in total. The molecule has 0 aliphatic rings. The van der Waals surface area contributed by atoms with Crippen LogP contribution in [0.2, 0.25) is 0 Å². The quantitative estimate of drug-likeness (QED) is 0.666. The largest absolute Gasteiger partial charge is 0.242 e. The lowest BCUT2D eigenvalue weighted by atomic mass is 10.2. The van der Waals surface area contributed by atoms with E-state index in [9.17, 15) is 12.8 Å². The van der Waals surface area contributed by atoms with Gasteiger partial charge in [-0.25, -0.2) is 17.5 Å². The maximum absolute atomic E-state index is 13.2. The average Bonchev–Trinajstić information content (AvgIpc) is 2.42. The third-order valence-corrected chi connectivity index (χ3v) is 6.31. The Morgan fingerprint density at radius 2 is 1.67 bits per heavy atom. The molecule has 112 valence electrons. The van der Waals surface area contributed by atoms with E-state index in [-0.39, 0.29) is 11.4 Å². The van der Waals surface area contributed by atoms with Crippen LogP contribution in [0.3, 0.4) is 0 Å². The van der Waals surface area contributed by atoms with E-state index < -0.39 is 15.8 Å². The second-order valence-electron chi connectivity index (χ2n) is 4.14. The summed E-state index contributed by atoms with van der Waals surface area (Å²) in [7, 11) is -3.71. The molecule has 2 rings (SSSR count). The Hall–Kier alpha value is -0.280. The summed E-state index contributed by atoms with van der Waals surface area (Å²) >= 11 is 9.71. The van der Waals surface area contributed by atoms with Gasteiger partial charge in [0.05, 0.1) is 4.90 Å². The monoisotopic (exact) mass is 499 g/mol. The minimum absolute atomic E-state index is 0.0143. The van der Waals surface area contributed by atoms with Crippen LogP contribution < -0.4 is 4.72 Å². The first kappa shape index (κ1) is 17.1. The second kappa shape index (κ2) is 6.87. The number of benzene rings is 2. The van der Waals surface area contributed by atoms with Gasteiger partial charge >= 0.3 is 0 Å². The van der Waals surface area contributed by atoms with E-state index in [1.54, 1.807) is 12.1 Å². The van der Waals surface area contributed by atoms with Gasteiger partial charge in [0.2, 0.25) is 10.0 Å². The Morgan fingerprint density at radius 3 is 2.38 bits per heavy atom. The second-order valence-corrected chi connectivity index (χ2v) is 8.49. The Labute approximate surface area is 147 Å². The van der Waals surface area contributed by atoms with Gasteiger partial charge in [-0.2, -0.15) is 0 Å². The minimum Gasteiger partial charge on any atom is -0.207 e. The molecular formula is C13H9Br3FNO2S. The standard InChI is InChI=1S/C13H9Br3FNO2S/c14-9-1-3-12(16)13(6-9)21(19,20)18-7-8-5-10(17)2-4-11(8)15/h1-6,18H,7H2. The van der Waals surface area contributed by atoms with Crippen molar-refractivity contribution < 1.29 is 12.8 Å². The molecule has 21 heavy (non-hydrogen) atoms. The van der Waals surface area contributed by atoms with E-state index in [0.29, 0.717) is 19.0 Å². The molecule has 0 unspecified atom stereocenters. The summed E-state index contributed by atoms with van der Waals surface area (Å²) in [6.07, 6.45) is 0. The molecule has 0 atom stereocenters. The van der Waals surface area contributed by atoms with Gasteiger partial charge < -0.3 is 0 Å². The van der Waals surface area contributed by atoms with Gasteiger partial charge in [0, 0.05) is 20.0 Å². The van der Waals surface area contributed by atoms with Crippen LogP contribution in [0.4, 0.5) is 4.39 Å². The van der Waals surface area contributed by atoms with Gasteiger partial charge in [0.25, 0.3) is 0 Å². The maximum Gasteiger partial charge on any atom is 0.242 e. The normalized spacial score (nSPS) is 11.6. The summed E-state index contributed by atoms with van der Waals surface area (Å²) in [5, 5.41) is 0. The number of rotatable bonds is 4. The lowest BCUT2D eigenvalue weighted by Crippen LogP contribution is -2.24. The van der Waals surface area contributed by atoms with Crippen LogP contribution in [0.15, 0.2) is 54.7 Å². The highest BCUT2D eigenvalue weighted by Gasteiger charge is 2.18. The van der Waals surface area contributed by atoms with Crippen LogP contribution in [-0.2, 0) is 16.6 Å². The zero-order chi connectivity index (χ0) is 15.6. The Bertz CT molecular complexity index is 781. The molecular weight excluding hydrogens is 493 g/mol. The van der Waals surface area contributed by atoms with Gasteiger partial charge in [-0.15, -0.1) is 0 Å². The molecule has 0 radical (unpaired) electrons. The fourth-order valence-corrected chi connectivity index (χ4v) is 4.51. The van der Waals surface area contributed by atoms with Crippen LogP contribution in [0.5, 0.6) is 0 Å². The van der Waals surface area contributed by atoms with E-state index in [1.165, 1.54) is 24.3 Å². The molecule has 1 N–H and O–H groups in total. The first-order valence-electron chi connectivity index (χ1n) is 5.68. The van der Waals surface area contributed by atoms with E-state index in [4.69, 9.17) is 0 Å². The lowest BCUT2D eigenvalue weighted by molar-refractivity contribution is 0.579. The third kappa shape index (κ3) is 4.35. The van der Waals surface area contributed by atoms with Crippen molar-refractivity contribution in [2.24, 2.45) is 0 Å². The maximum atomic E-state index is 13.2. The molecule has 0 heterocycles. The predicted octanol–water partition coefficient (Wildman–Crippen LogP) is 4.59. The number of nitrogens with one attached hydrogen (secondary N) is 1. The smallest absolute Gasteiger partial charge is 0.207 e. The van der Waals surface area contributed by atoms with Crippen LogP contribution in [0.25, 0.3) is 0 Å². The van der Waals surface area contributed by atoms with Crippen LogP contribution >= 0.6 is 47.8 Å². The van der Waals surface area contributed by atoms with Crippen molar-refractivity contribution in [2.75, 3.05) is 0 Å². The molecule has 0 aromatic heterocycles. The molecule has 0 amide bonds. The Balaban J connectivity index is 2.26. The molecule has 8 heteroatoms. The summed E-state index contributed by atoms with van der Waals surface area (Å²) in [5.74, 6) is -0.420. The average molecular weight is 502 g/mol. The van der Waals surface area contributed by atoms with Crippen molar-refractivity contribution in [3.8, 4) is 0 Å². The first-order chi connectivity index (χ1) is 9.79. The van der Waals surface area contributed by atoms with E-state index in [1.807, 2.05) is 0 Å². The van der Waals surface area contributed by atoms with Crippen molar-refractivity contribution in [3.05, 3.63) is 61.2 Å². The van der Waals surface area contributed by atoms with Crippen LogP contribution in [0.1, 0.15) is 5.56 Å². The summed E-state index contributed by atoms with van der Waals surface area (Å²) in [6.45, 7) is -0.0143. The molecule has 0 fully saturated rings. The molecule has 0 aliphatic carbocycles. The van der Waals surface area contributed by atoms with Gasteiger partial charge in [0.1, 0.15) is 5.82 Å². The highest BCUT2D eigenvalue weighted by Crippen LogP contribution is 2.26. The fourth-order valence-electron chi connectivity index (χ4n) is 1.61. The fraction of sp³-hybridized carbons (Fsp3) is 0.0769.